The zero-order valence-electron chi connectivity index (χ0n) is 7.63. The lowest BCUT2D eigenvalue weighted by Gasteiger charge is -2.07. The van der Waals surface area contributed by atoms with Gasteiger partial charge in [0.1, 0.15) is 5.15 Å². The molecule has 1 rings (SSSR count). The van der Waals surface area contributed by atoms with Gasteiger partial charge in [0.15, 0.2) is 0 Å². The van der Waals surface area contributed by atoms with Gasteiger partial charge < -0.3 is 0 Å². The molecule has 2 nitrogen and oxygen atoms in total. The maximum absolute atomic E-state index is 5.75. The van der Waals surface area contributed by atoms with E-state index in [1.165, 1.54) is 0 Å². The van der Waals surface area contributed by atoms with Crippen molar-refractivity contribution >= 4 is 11.6 Å². The second kappa shape index (κ2) is 3.85. The fraction of sp³-hybridized carbons (Fsp3) is 0.556. The standard InChI is InChI=1S/C9H13ClN2/c1-4-6(2)8-5-11-9(10)7(3)12-8/h5-6H,4H2,1-3H3. The Hall–Kier alpha value is -0.630. The molecule has 0 saturated heterocycles. The first-order chi connectivity index (χ1) is 5.65. The van der Waals surface area contributed by atoms with E-state index in [2.05, 4.69) is 23.8 Å². The van der Waals surface area contributed by atoms with Crippen molar-refractivity contribution in [1.29, 1.82) is 0 Å². The molecule has 1 atom stereocenters. The van der Waals surface area contributed by atoms with Crippen LogP contribution in [0.4, 0.5) is 0 Å². The summed E-state index contributed by atoms with van der Waals surface area (Å²) in [5, 5.41) is 0.502. The van der Waals surface area contributed by atoms with Crippen molar-refractivity contribution in [2.24, 2.45) is 0 Å². The predicted molar refractivity (Wildman–Crippen MR) is 50.5 cm³/mol. The lowest BCUT2D eigenvalue weighted by molar-refractivity contribution is 0.699. The fourth-order valence-electron chi connectivity index (χ4n) is 0.931. The average molecular weight is 185 g/mol. The van der Waals surface area contributed by atoms with Gasteiger partial charge in [0.2, 0.25) is 0 Å². The topological polar surface area (TPSA) is 25.8 Å². The van der Waals surface area contributed by atoms with Gasteiger partial charge in [-0.25, -0.2) is 4.98 Å². The molecule has 0 N–H and O–H groups in total. The summed E-state index contributed by atoms with van der Waals surface area (Å²) in [6.45, 7) is 6.15. The normalized spacial score (nSPS) is 13.0. The van der Waals surface area contributed by atoms with Crippen molar-refractivity contribution in [3.8, 4) is 0 Å². The molecular weight excluding hydrogens is 172 g/mol. The summed E-state index contributed by atoms with van der Waals surface area (Å²) in [6.07, 6.45) is 2.83. The maximum Gasteiger partial charge on any atom is 0.150 e. The van der Waals surface area contributed by atoms with Crippen LogP contribution in [0.25, 0.3) is 0 Å². The highest BCUT2D eigenvalue weighted by Crippen LogP contribution is 2.17. The van der Waals surface area contributed by atoms with Crippen LogP contribution in [-0.4, -0.2) is 9.97 Å². The number of aryl methyl sites for hydroxylation is 1. The van der Waals surface area contributed by atoms with E-state index in [1.54, 1.807) is 6.20 Å². The van der Waals surface area contributed by atoms with Crippen LogP contribution >= 0.6 is 11.6 Å². The van der Waals surface area contributed by atoms with Gasteiger partial charge in [-0.1, -0.05) is 25.4 Å². The van der Waals surface area contributed by atoms with Gasteiger partial charge in [-0.2, -0.15) is 0 Å². The molecule has 0 saturated carbocycles. The fourth-order valence-corrected chi connectivity index (χ4v) is 1.02. The first-order valence-electron chi connectivity index (χ1n) is 4.14. The first kappa shape index (κ1) is 9.46. The zero-order valence-corrected chi connectivity index (χ0v) is 8.39. The largest absolute Gasteiger partial charge is 0.253 e. The molecule has 66 valence electrons. The highest BCUT2D eigenvalue weighted by atomic mass is 35.5. The summed E-state index contributed by atoms with van der Waals surface area (Å²) in [7, 11) is 0. The Morgan fingerprint density at radius 1 is 1.58 bits per heavy atom. The molecule has 12 heavy (non-hydrogen) atoms. The van der Waals surface area contributed by atoms with Crippen LogP contribution in [0.15, 0.2) is 6.20 Å². The van der Waals surface area contributed by atoms with Crippen LogP contribution < -0.4 is 0 Å². The van der Waals surface area contributed by atoms with Crippen molar-refractivity contribution in [3.05, 3.63) is 22.7 Å². The molecule has 0 aliphatic carbocycles. The number of hydrogen-bond donors (Lipinski definition) is 0. The monoisotopic (exact) mass is 184 g/mol. The summed E-state index contributed by atoms with van der Waals surface area (Å²) >= 11 is 5.75. The minimum absolute atomic E-state index is 0.466. The Morgan fingerprint density at radius 2 is 2.25 bits per heavy atom. The van der Waals surface area contributed by atoms with Crippen LogP contribution in [0.2, 0.25) is 5.15 Å². The molecule has 0 spiro atoms. The highest BCUT2D eigenvalue weighted by Gasteiger charge is 2.06. The minimum atomic E-state index is 0.466. The Bertz CT molecular complexity index is 273. The quantitative estimate of drug-likeness (QED) is 0.707. The van der Waals surface area contributed by atoms with Crippen molar-refractivity contribution < 1.29 is 0 Å². The van der Waals surface area contributed by atoms with Gasteiger partial charge in [0.05, 0.1) is 17.6 Å². The minimum Gasteiger partial charge on any atom is -0.253 e. The van der Waals surface area contributed by atoms with E-state index >= 15 is 0 Å². The van der Waals surface area contributed by atoms with Crippen molar-refractivity contribution in [1.82, 2.24) is 9.97 Å². The van der Waals surface area contributed by atoms with Crippen LogP contribution in [0.5, 0.6) is 0 Å². The third-order valence-electron chi connectivity index (χ3n) is 2.02. The van der Waals surface area contributed by atoms with E-state index in [0.29, 0.717) is 11.1 Å². The zero-order chi connectivity index (χ0) is 9.14. The van der Waals surface area contributed by atoms with E-state index in [1.807, 2.05) is 6.92 Å². The van der Waals surface area contributed by atoms with E-state index in [4.69, 9.17) is 11.6 Å². The number of nitrogens with zero attached hydrogens (tertiary/aromatic N) is 2. The number of hydrogen-bond acceptors (Lipinski definition) is 2. The molecule has 0 amide bonds. The maximum atomic E-state index is 5.75. The van der Waals surface area contributed by atoms with Gasteiger partial charge in [0, 0.05) is 0 Å². The molecule has 0 aromatic carbocycles. The molecule has 3 heteroatoms. The van der Waals surface area contributed by atoms with Gasteiger partial charge in [-0.3, -0.25) is 4.98 Å². The predicted octanol–water partition coefficient (Wildman–Crippen LogP) is 2.95. The molecule has 1 aromatic rings. The van der Waals surface area contributed by atoms with Crippen molar-refractivity contribution in [2.75, 3.05) is 0 Å². The smallest absolute Gasteiger partial charge is 0.150 e. The van der Waals surface area contributed by atoms with Gasteiger partial charge in [0.25, 0.3) is 0 Å². The summed E-state index contributed by atoms with van der Waals surface area (Å²) in [6, 6.07) is 0. The Labute approximate surface area is 78.0 Å². The van der Waals surface area contributed by atoms with Gasteiger partial charge in [-0.15, -0.1) is 0 Å². The van der Waals surface area contributed by atoms with Crippen LogP contribution in [-0.2, 0) is 0 Å². The molecule has 1 aromatic heterocycles. The lowest BCUT2D eigenvalue weighted by atomic mass is 10.1. The molecule has 1 heterocycles. The van der Waals surface area contributed by atoms with Crippen LogP contribution in [0.1, 0.15) is 37.6 Å². The second-order valence-corrected chi connectivity index (χ2v) is 3.34. The van der Waals surface area contributed by atoms with E-state index in [9.17, 15) is 0 Å². The lowest BCUT2D eigenvalue weighted by Crippen LogP contribution is -1.99. The molecule has 0 radical (unpaired) electrons. The van der Waals surface area contributed by atoms with E-state index in [0.717, 1.165) is 17.8 Å². The van der Waals surface area contributed by atoms with Gasteiger partial charge >= 0.3 is 0 Å². The number of rotatable bonds is 2. The van der Waals surface area contributed by atoms with Crippen LogP contribution in [0.3, 0.4) is 0 Å². The second-order valence-electron chi connectivity index (χ2n) is 2.98. The van der Waals surface area contributed by atoms with Crippen molar-refractivity contribution in [3.63, 3.8) is 0 Å². The third-order valence-corrected chi connectivity index (χ3v) is 2.39. The van der Waals surface area contributed by atoms with Gasteiger partial charge in [-0.05, 0) is 19.3 Å². The van der Waals surface area contributed by atoms with Crippen molar-refractivity contribution in [2.45, 2.75) is 33.1 Å². The number of aromatic nitrogens is 2. The summed E-state index contributed by atoms with van der Waals surface area (Å²) in [4.78, 5) is 8.40. The molecule has 0 fully saturated rings. The first-order valence-corrected chi connectivity index (χ1v) is 4.52. The molecule has 0 aliphatic rings. The Kier molecular flexibility index (Phi) is 3.04. The molecule has 0 aliphatic heterocycles. The Balaban J connectivity index is 2.96. The Morgan fingerprint density at radius 3 is 2.75 bits per heavy atom. The van der Waals surface area contributed by atoms with E-state index in [-0.39, 0.29) is 0 Å². The summed E-state index contributed by atoms with van der Waals surface area (Å²) in [5.74, 6) is 0.466. The molecular formula is C9H13ClN2. The summed E-state index contributed by atoms with van der Waals surface area (Å²) in [5.41, 5.74) is 1.84. The van der Waals surface area contributed by atoms with Crippen LogP contribution in [0, 0.1) is 6.92 Å². The number of halogens is 1. The summed E-state index contributed by atoms with van der Waals surface area (Å²) < 4.78 is 0. The third kappa shape index (κ3) is 1.95. The van der Waals surface area contributed by atoms with E-state index < -0.39 is 0 Å². The SMILES string of the molecule is CCC(C)c1cnc(Cl)c(C)n1. The highest BCUT2D eigenvalue weighted by molar-refractivity contribution is 6.29. The molecule has 0 bridgehead atoms. The molecule has 1 unspecified atom stereocenters. The average Bonchev–Trinajstić information content (AvgIpc) is 2.08.